The predicted molar refractivity (Wildman–Crippen MR) is 59.6 cm³/mol. The highest BCUT2D eigenvalue weighted by molar-refractivity contribution is 6.28. The molecule has 0 radical (unpaired) electrons. The van der Waals surface area contributed by atoms with Crippen molar-refractivity contribution in [3.8, 4) is 0 Å². The molecule has 0 saturated carbocycles. The van der Waals surface area contributed by atoms with Gasteiger partial charge in [-0.15, -0.1) is 0 Å². The van der Waals surface area contributed by atoms with Gasteiger partial charge >= 0.3 is 0 Å². The lowest BCUT2D eigenvalue weighted by Gasteiger charge is -2.22. The normalized spacial score (nSPS) is 29.0. The first-order chi connectivity index (χ1) is 7.33. The number of nitrogens with zero attached hydrogens (tertiary/aromatic N) is 2. The van der Waals surface area contributed by atoms with E-state index in [4.69, 9.17) is 11.6 Å². The van der Waals surface area contributed by atoms with E-state index in [0.717, 1.165) is 12.0 Å². The summed E-state index contributed by atoms with van der Waals surface area (Å²) < 4.78 is 0. The molecule has 1 aromatic rings. The summed E-state index contributed by atoms with van der Waals surface area (Å²) in [4.78, 5) is 8.04. The quantitative estimate of drug-likeness (QED) is 0.738. The zero-order valence-corrected chi connectivity index (χ0v) is 9.04. The van der Waals surface area contributed by atoms with Crippen molar-refractivity contribution in [1.29, 1.82) is 0 Å². The molecule has 1 fully saturated rings. The summed E-state index contributed by atoms with van der Waals surface area (Å²) in [6.45, 7) is 0. The Hall–Kier alpha value is -0.930. The Kier molecular flexibility index (Phi) is 2.22. The fraction of sp³-hybridized carbons (Fsp3) is 0.455. The van der Waals surface area contributed by atoms with Crippen LogP contribution in [0.4, 0.5) is 0 Å². The molecule has 4 heteroatoms. The van der Waals surface area contributed by atoms with E-state index in [9.17, 15) is 0 Å². The second kappa shape index (κ2) is 3.58. The maximum absolute atomic E-state index is 5.67. The molecule has 2 aliphatic rings. The first kappa shape index (κ1) is 9.31. The first-order valence-electron chi connectivity index (χ1n) is 5.27. The third kappa shape index (κ3) is 1.66. The highest BCUT2D eigenvalue weighted by Gasteiger charge is 2.30. The number of halogens is 1. The third-order valence-electron chi connectivity index (χ3n) is 3.19. The Morgan fingerprint density at radius 1 is 1.27 bits per heavy atom. The van der Waals surface area contributed by atoms with Crippen molar-refractivity contribution in [1.82, 2.24) is 15.3 Å². The Balaban J connectivity index is 1.93. The van der Waals surface area contributed by atoms with E-state index in [1.54, 1.807) is 0 Å². The molecule has 0 amide bonds. The molecule has 2 atom stereocenters. The number of aromatic nitrogens is 2. The van der Waals surface area contributed by atoms with Crippen LogP contribution in [0.1, 0.15) is 24.8 Å². The lowest BCUT2D eigenvalue weighted by Crippen LogP contribution is -2.33. The van der Waals surface area contributed by atoms with Crippen LogP contribution in [0.5, 0.6) is 0 Å². The van der Waals surface area contributed by atoms with Gasteiger partial charge in [0.1, 0.15) is 0 Å². The van der Waals surface area contributed by atoms with Gasteiger partial charge in [0.2, 0.25) is 5.28 Å². The minimum Gasteiger partial charge on any atom is -0.307 e. The average molecular weight is 222 g/mol. The molecule has 3 rings (SSSR count). The van der Waals surface area contributed by atoms with Gasteiger partial charge in [0, 0.05) is 30.0 Å². The molecule has 0 aromatic carbocycles. The van der Waals surface area contributed by atoms with Crippen molar-refractivity contribution >= 4 is 17.2 Å². The van der Waals surface area contributed by atoms with E-state index in [2.05, 4.69) is 21.4 Å². The molecule has 0 spiro atoms. The van der Waals surface area contributed by atoms with Crippen molar-refractivity contribution in [2.45, 2.75) is 31.3 Å². The largest absolute Gasteiger partial charge is 0.307 e. The van der Waals surface area contributed by atoms with Crippen molar-refractivity contribution in [2.75, 3.05) is 0 Å². The zero-order valence-electron chi connectivity index (χ0n) is 8.28. The van der Waals surface area contributed by atoms with Gasteiger partial charge in [-0.3, -0.25) is 0 Å². The molecule has 2 bridgehead atoms. The highest BCUT2D eigenvalue weighted by Crippen LogP contribution is 2.32. The Labute approximate surface area is 93.6 Å². The number of hydrogen-bond donors (Lipinski definition) is 1. The zero-order chi connectivity index (χ0) is 10.3. The highest BCUT2D eigenvalue weighted by atomic mass is 35.5. The number of nitrogens with one attached hydrogen (secondary N) is 1. The lowest BCUT2D eigenvalue weighted by molar-refractivity contribution is 0.574. The smallest absolute Gasteiger partial charge is 0.222 e. The van der Waals surface area contributed by atoms with Crippen LogP contribution in [-0.4, -0.2) is 22.1 Å². The summed E-state index contributed by atoms with van der Waals surface area (Å²) in [5.74, 6) is 0. The van der Waals surface area contributed by atoms with Gasteiger partial charge in [0.25, 0.3) is 0 Å². The molecule has 2 aliphatic heterocycles. The summed E-state index contributed by atoms with van der Waals surface area (Å²) in [6.07, 6.45) is 9.54. The van der Waals surface area contributed by atoms with Crippen LogP contribution in [0.2, 0.25) is 5.28 Å². The van der Waals surface area contributed by atoms with Crippen LogP contribution in [0.15, 0.2) is 18.5 Å². The van der Waals surface area contributed by atoms with Crippen molar-refractivity contribution in [3.63, 3.8) is 0 Å². The number of rotatable bonds is 1. The lowest BCUT2D eigenvalue weighted by atomic mass is 9.98. The fourth-order valence-corrected chi connectivity index (χ4v) is 2.54. The van der Waals surface area contributed by atoms with Gasteiger partial charge in [0.15, 0.2) is 0 Å². The van der Waals surface area contributed by atoms with Gasteiger partial charge in [-0.05, 0) is 36.4 Å². The monoisotopic (exact) mass is 221 g/mol. The van der Waals surface area contributed by atoms with Gasteiger partial charge in [0.05, 0.1) is 0 Å². The van der Waals surface area contributed by atoms with Gasteiger partial charge in [-0.2, -0.15) is 0 Å². The van der Waals surface area contributed by atoms with Crippen molar-refractivity contribution < 1.29 is 0 Å². The molecule has 78 valence electrons. The Bertz CT molecular complexity index is 399. The molecule has 1 saturated heterocycles. The maximum atomic E-state index is 5.67. The molecule has 0 aliphatic carbocycles. The molecular formula is C11H12ClN3. The standard InChI is InChI=1S/C11H12ClN3/c12-11-13-5-7(6-14-11)9-3-1-8-2-4-10(9)15-8/h3,5-6,8,10,15H,1-2,4H2/t8-,10-/m1/s1. The SMILES string of the molecule is Clc1ncc(C2=CC[C@@H]3CC[C@H]2N3)cn1. The second-order valence-electron chi connectivity index (χ2n) is 4.13. The fourth-order valence-electron chi connectivity index (χ4n) is 2.44. The van der Waals surface area contributed by atoms with E-state index in [1.807, 2.05) is 12.4 Å². The summed E-state index contributed by atoms with van der Waals surface area (Å²) in [5.41, 5.74) is 2.43. The molecule has 0 unspecified atom stereocenters. The third-order valence-corrected chi connectivity index (χ3v) is 3.39. The van der Waals surface area contributed by atoms with Crippen LogP contribution in [0.25, 0.3) is 5.57 Å². The molecule has 1 N–H and O–H groups in total. The first-order valence-corrected chi connectivity index (χ1v) is 5.65. The van der Waals surface area contributed by atoms with E-state index in [0.29, 0.717) is 17.4 Å². The van der Waals surface area contributed by atoms with E-state index in [1.165, 1.54) is 18.4 Å². The molecular weight excluding hydrogens is 210 g/mol. The van der Waals surface area contributed by atoms with Gasteiger partial charge in [-0.1, -0.05) is 6.08 Å². The van der Waals surface area contributed by atoms with Crippen LogP contribution in [0, 0.1) is 0 Å². The minimum atomic E-state index is 0.312. The Morgan fingerprint density at radius 2 is 2.07 bits per heavy atom. The average Bonchev–Trinajstić information content (AvgIpc) is 2.63. The summed E-state index contributed by atoms with van der Waals surface area (Å²) in [6, 6.07) is 1.18. The molecule has 1 aromatic heterocycles. The second-order valence-corrected chi connectivity index (χ2v) is 4.47. The number of fused-ring (bicyclic) bond motifs is 2. The van der Waals surface area contributed by atoms with Gasteiger partial charge in [-0.25, -0.2) is 9.97 Å². The summed E-state index contributed by atoms with van der Waals surface area (Å²) >= 11 is 5.67. The molecule has 15 heavy (non-hydrogen) atoms. The van der Waals surface area contributed by atoms with Crippen molar-refractivity contribution in [2.24, 2.45) is 0 Å². The van der Waals surface area contributed by atoms with Crippen LogP contribution in [0.3, 0.4) is 0 Å². The van der Waals surface area contributed by atoms with Gasteiger partial charge < -0.3 is 5.32 Å². The van der Waals surface area contributed by atoms with Crippen LogP contribution in [-0.2, 0) is 0 Å². The minimum absolute atomic E-state index is 0.312. The number of hydrogen-bond acceptors (Lipinski definition) is 3. The Morgan fingerprint density at radius 3 is 2.87 bits per heavy atom. The molecule has 3 heterocycles. The van der Waals surface area contributed by atoms with E-state index in [-0.39, 0.29) is 0 Å². The maximum Gasteiger partial charge on any atom is 0.222 e. The van der Waals surface area contributed by atoms with E-state index >= 15 is 0 Å². The van der Waals surface area contributed by atoms with E-state index < -0.39 is 0 Å². The topological polar surface area (TPSA) is 37.8 Å². The van der Waals surface area contributed by atoms with Crippen molar-refractivity contribution in [3.05, 3.63) is 29.3 Å². The molecule has 3 nitrogen and oxygen atoms in total. The predicted octanol–water partition coefficient (Wildman–Crippen LogP) is 2.04. The summed E-state index contributed by atoms with van der Waals surface area (Å²) in [7, 11) is 0. The summed E-state index contributed by atoms with van der Waals surface area (Å²) in [5, 5.41) is 3.91. The van der Waals surface area contributed by atoms with Crippen LogP contribution < -0.4 is 5.32 Å². The van der Waals surface area contributed by atoms with Crippen LogP contribution >= 0.6 is 11.6 Å².